The number of hydrogen-bond donors (Lipinski definition) is 3. The van der Waals surface area contributed by atoms with Crippen LogP contribution >= 0.6 is 23.2 Å². The highest BCUT2D eigenvalue weighted by Gasteiger charge is 2.05. The minimum absolute atomic E-state index is 0.0970. The number of amides is 1. The van der Waals surface area contributed by atoms with Gasteiger partial charge in [0.25, 0.3) is 5.91 Å². The van der Waals surface area contributed by atoms with Crippen LogP contribution in [0, 0.1) is 0 Å². The Morgan fingerprint density at radius 2 is 1.93 bits per heavy atom. The van der Waals surface area contributed by atoms with Crippen LogP contribution in [0.3, 0.4) is 0 Å². The van der Waals surface area contributed by atoms with Gasteiger partial charge in [-0.05, 0) is 48.2 Å². The highest BCUT2D eigenvalue weighted by atomic mass is 35.5. The molecular formula is C20H24Cl2N4O. The van der Waals surface area contributed by atoms with Crippen LogP contribution in [0.25, 0.3) is 0 Å². The van der Waals surface area contributed by atoms with Gasteiger partial charge in [-0.3, -0.25) is 9.79 Å². The van der Waals surface area contributed by atoms with E-state index in [1.807, 2.05) is 30.3 Å². The molecule has 0 atom stereocenters. The Morgan fingerprint density at radius 3 is 2.63 bits per heavy atom. The number of guanidine groups is 1. The average molecular weight is 407 g/mol. The molecule has 27 heavy (non-hydrogen) atoms. The summed E-state index contributed by atoms with van der Waals surface area (Å²) in [6.45, 7) is 1.34. The Balaban J connectivity index is 1.78. The molecule has 2 rings (SSSR count). The van der Waals surface area contributed by atoms with Crippen molar-refractivity contribution in [1.29, 1.82) is 0 Å². The zero-order chi connectivity index (χ0) is 19.6. The van der Waals surface area contributed by atoms with Gasteiger partial charge in [0, 0.05) is 42.8 Å². The summed E-state index contributed by atoms with van der Waals surface area (Å²) < 4.78 is 0. The molecule has 144 valence electrons. The monoisotopic (exact) mass is 406 g/mol. The Bertz CT molecular complexity index is 808. The molecule has 0 fully saturated rings. The van der Waals surface area contributed by atoms with Crippen molar-refractivity contribution in [2.45, 2.75) is 19.4 Å². The minimum atomic E-state index is -0.0970. The fourth-order valence-corrected chi connectivity index (χ4v) is 3.09. The van der Waals surface area contributed by atoms with Crippen molar-refractivity contribution in [1.82, 2.24) is 16.0 Å². The first-order valence-electron chi connectivity index (χ1n) is 8.73. The lowest BCUT2D eigenvalue weighted by Gasteiger charge is -2.13. The molecule has 0 heterocycles. The largest absolute Gasteiger partial charge is 0.356 e. The van der Waals surface area contributed by atoms with E-state index in [0.29, 0.717) is 28.1 Å². The van der Waals surface area contributed by atoms with Gasteiger partial charge in [-0.1, -0.05) is 41.4 Å². The molecule has 0 saturated heterocycles. The number of hydrogen-bond acceptors (Lipinski definition) is 2. The van der Waals surface area contributed by atoms with Crippen LogP contribution in [0.2, 0.25) is 10.0 Å². The lowest BCUT2D eigenvalue weighted by Crippen LogP contribution is -2.37. The molecule has 2 aromatic rings. The summed E-state index contributed by atoms with van der Waals surface area (Å²) in [4.78, 5) is 15.9. The second kappa shape index (κ2) is 10.8. The molecular weight excluding hydrogens is 383 g/mol. The second-order valence-corrected chi connectivity index (χ2v) is 6.81. The molecule has 0 aliphatic heterocycles. The van der Waals surface area contributed by atoms with Crippen LogP contribution in [-0.4, -0.2) is 32.5 Å². The molecule has 0 aromatic heterocycles. The molecule has 0 aliphatic carbocycles. The molecule has 3 N–H and O–H groups in total. The van der Waals surface area contributed by atoms with Crippen molar-refractivity contribution in [2.24, 2.45) is 4.99 Å². The van der Waals surface area contributed by atoms with Gasteiger partial charge in [-0.15, -0.1) is 0 Å². The maximum Gasteiger partial charge on any atom is 0.251 e. The Kier molecular flexibility index (Phi) is 8.43. The Hall–Kier alpha value is -2.24. The van der Waals surface area contributed by atoms with Crippen LogP contribution in [-0.2, 0) is 13.0 Å². The van der Waals surface area contributed by atoms with Crippen molar-refractivity contribution >= 4 is 35.1 Å². The number of nitrogens with zero attached hydrogens (tertiary/aromatic N) is 1. The number of aryl methyl sites for hydroxylation is 1. The number of carbonyl (C=O) groups excluding carboxylic acids is 1. The van der Waals surface area contributed by atoms with Crippen LogP contribution in [0.15, 0.2) is 47.5 Å². The maximum atomic E-state index is 11.7. The minimum Gasteiger partial charge on any atom is -0.356 e. The van der Waals surface area contributed by atoms with Gasteiger partial charge >= 0.3 is 0 Å². The van der Waals surface area contributed by atoms with E-state index in [2.05, 4.69) is 20.9 Å². The van der Waals surface area contributed by atoms with E-state index in [9.17, 15) is 4.79 Å². The van der Waals surface area contributed by atoms with E-state index >= 15 is 0 Å². The summed E-state index contributed by atoms with van der Waals surface area (Å²) in [6.07, 6.45) is 1.77. The van der Waals surface area contributed by atoms with E-state index in [-0.39, 0.29) is 5.91 Å². The molecule has 0 bridgehead atoms. The third-order valence-electron chi connectivity index (χ3n) is 4.03. The summed E-state index contributed by atoms with van der Waals surface area (Å²) in [5.74, 6) is 0.614. The van der Waals surface area contributed by atoms with E-state index in [0.717, 1.165) is 30.5 Å². The van der Waals surface area contributed by atoms with Crippen LogP contribution in [0.4, 0.5) is 0 Å². The SMILES string of the molecule is CN=C(NCCCc1ccc(Cl)cc1Cl)NCc1cccc(C(=O)NC)c1. The van der Waals surface area contributed by atoms with Crippen LogP contribution < -0.4 is 16.0 Å². The molecule has 5 nitrogen and oxygen atoms in total. The summed E-state index contributed by atoms with van der Waals surface area (Å²) in [7, 11) is 3.35. The van der Waals surface area contributed by atoms with Gasteiger partial charge < -0.3 is 16.0 Å². The van der Waals surface area contributed by atoms with Crippen molar-refractivity contribution in [3.05, 3.63) is 69.2 Å². The number of carbonyl (C=O) groups is 1. The van der Waals surface area contributed by atoms with Crippen molar-refractivity contribution in [3.8, 4) is 0 Å². The molecule has 1 amide bonds. The van der Waals surface area contributed by atoms with Gasteiger partial charge in [-0.25, -0.2) is 0 Å². The van der Waals surface area contributed by atoms with E-state index in [1.54, 1.807) is 26.2 Å². The van der Waals surface area contributed by atoms with E-state index in [4.69, 9.17) is 23.2 Å². The quantitative estimate of drug-likeness (QED) is 0.373. The summed E-state index contributed by atoms with van der Waals surface area (Å²) in [5.41, 5.74) is 2.73. The summed E-state index contributed by atoms with van der Waals surface area (Å²) >= 11 is 12.1. The maximum absolute atomic E-state index is 11.7. The van der Waals surface area contributed by atoms with Crippen molar-refractivity contribution in [2.75, 3.05) is 20.6 Å². The molecule has 2 aromatic carbocycles. The molecule has 7 heteroatoms. The second-order valence-electron chi connectivity index (χ2n) is 5.97. The topological polar surface area (TPSA) is 65.5 Å². The molecule has 0 unspecified atom stereocenters. The van der Waals surface area contributed by atoms with Crippen molar-refractivity contribution < 1.29 is 4.79 Å². The fraction of sp³-hybridized carbons (Fsp3) is 0.300. The molecule has 0 saturated carbocycles. The Morgan fingerprint density at radius 1 is 1.11 bits per heavy atom. The number of benzene rings is 2. The zero-order valence-corrected chi connectivity index (χ0v) is 17.0. The van der Waals surface area contributed by atoms with Crippen molar-refractivity contribution in [3.63, 3.8) is 0 Å². The normalized spacial score (nSPS) is 11.2. The first kappa shape index (κ1) is 21.1. The summed E-state index contributed by atoms with van der Waals surface area (Å²) in [5, 5.41) is 10.5. The first-order valence-corrected chi connectivity index (χ1v) is 9.48. The predicted octanol–water partition coefficient (Wildman–Crippen LogP) is 3.65. The van der Waals surface area contributed by atoms with Gasteiger partial charge in [0.05, 0.1) is 0 Å². The highest BCUT2D eigenvalue weighted by molar-refractivity contribution is 6.35. The first-order chi connectivity index (χ1) is 13.0. The lowest BCUT2D eigenvalue weighted by molar-refractivity contribution is 0.0963. The van der Waals surface area contributed by atoms with Crippen LogP contribution in [0.5, 0.6) is 0 Å². The highest BCUT2D eigenvalue weighted by Crippen LogP contribution is 2.21. The van der Waals surface area contributed by atoms with E-state index < -0.39 is 0 Å². The Labute approximate surface area is 170 Å². The number of rotatable bonds is 7. The van der Waals surface area contributed by atoms with Crippen LogP contribution in [0.1, 0.15) is 27.9 Å². The third-order valence-corrected chi connectivity index (χ3v) is 4.62. The lowest BCUT2D eigenvalue weighted by atomic mass is 10.1. The number of nitrogens with one attached hydrogen (secondary N) is 3. The number of halogens is 2. The summed E-state index contributed by atoms with van der Waals surface area (Å²) in [6, 6.07) is 13.1. The fourth-order valence-electron chi connectivity index (χ4n) is 2.58. The van der Waals surface area contributed by atoms with Gasteiger partial charge in [0.2, 0.25) is 0 Å². The third kappa shape index (κ3) is 6.77. The van der Waals surface area contributed by atoms with Gasteiger partial charge in [-0.2, -0.15) is 0 Å². The molecule has 0 radical (unpaired) electrons. The predicted molar refractivity (Wildman–Crippen MR) is 113 cm³/mol. The molecule has 0 spiro atoms. The smallest absolute Gasteiger partial charge is 0.251 e. The standard InChI is InChI=1S/C20H24Cl2N4O/c1-23-19(27)16-6-3-5-14(11-16)13-26-20(24-2)25-10-4-7-15-8-9-17(21)12-18(15)22/h3,5-6,8-9,11-12H,4,7,10,13H2,1-2H3,(H,23,27)(H2,24,25,26). The zero-order valence-electron chi connectivity index (χ0n) is 15.5. The number of aliphatic imine (C=N–C) groups is 1. The van der Waals surface area contributed by atoms with Gasteiger partial charge in [0.15, 0.2) is 5.96 Å². The molecule has 0 aliphatic rings. The van der Waals surface area contributed by atoms with Gasteiger partial charge in [0.1, 0.15) is 0 Å². The van der Waals surface area contributed by atoms with E-state index in [1.165, 1.54) is 0 Å². The average Bonchev–Trinajstić information content (AvgIpc) is 2.68.